The number of hydrogen-bond acceptors (Lipinski definition) is 8. The summed E-state index contributed by atoms with van der Waals surface area (Å²) in [5, 5.41) is 0. The normalized spacial score (nSPS) is 19.0. The number of nitrogens with zero attached hydrogens (tertiary/aromatic N) is 2. The molecule has 0 aliphatic carbocycles. The summed E-state index contributed by atoms with van der Waals surface area (Å²) in [4.78, 5) is 16.8. The van der Waals surface area contributed by atoms with Gasteiger partial charge >= 0.3 is 13.5 Å². The van der Waals surface area contributed by atoms with Crippen LogP contribution in [0.25, 0.3) is 0 Å². The number of ether oxygens (including phenoxy) is 4. The van der Waals surface area contributed by atoms with Gasteiger partial charge in [0.15, 0.2) is 6.16 Å². The molecule has 3 unspecified atom stereocenters. The maximum atomic E-state index is 12.9. The molecule has 2 N–H and O–H groups in total. The van der Waals surface area contributed by atoms with Crippen molar-refractivity contribution in [2.75, 3.05) is 32.8 Å². The second-order valence-electron chi connectivity index (χ2n) is 10.3. The summed E-state index contributed by atoms with van der Waals surface area (Å²) in [6, 6.07) is 25.5. The molecule has 4 atom stereocenters. The number of benzene rings is 3. The molecule has 0 radical (unpaired) electrons. The van der Waals surface area contributed by atoms with Crippen LogP contribution in [0.5, 0.6) is 11.5 Å². The van der Waals surface area contributed by atoms with Crippen LogP contribution in [0.3, 0.4) is 0 Å². The van der Waals surface area contributed by atoms with Crippen LogP contribution in [0.15, 0.2) is 89.9 Å². The zero-order valence-corrected chi connectivity index (χ0v) is 25.0. The molecule has 3 aromatic carbocycles. The zero-order chi connectivity index (χ0) is 29.9. The molecule has 218 valence electrons. The van der Waals surface area contributed by atoms with Crippen molar-refractivity contribution in [2.24, 2.45) is 0 Å². The van der Waals surface area contributed by atoms with Gasteiger partial charge in [-0.3, -0.25) is 4.57 Å². The highest BCUT2D eigenvalue weighted by Gasteiger charge is 2.48. The molecule has 42 heavy (non-hydrogen) atoms. The van der Waals surface area contributed by atoms with E-state index in [-0.39, 0.29) is 12.0 Å². The van der Waals surface area contributed by atoms with Crippen molar-refractivity contribution in [3.05, 3.63) is 118 Å². The second kappa shape index (κ2) is 12.4. The lowest BCUT2D eigenvalue weighted by Crippen LogP contribution is -2.40. The van der Waals surface area contributed by atoms with Crippen molar-refractivity contribution in [1.82, 2.24) is 9.55 Å². The minimum absolute atomic E-state index is 0.178. The largest absolute Gasteiger partial charge is 0.497 e. The van der Waals surface area contributed by atoms with Crippen LogP contribution < -0.4 is 20.9 Å². The van der Waals surface area contributed by atoms with E-state index in [0.29, 0.717) is 23.5 Å². The van der Waals surface area contributed by atoms with Crippen molar-refractivity contribution < 1.29 is 23.5 Å². The molecule has 0 bridgehead atoms. The van der Waals surface area contributed by atoms with Gasteiger partial charge in [-0.05, 0) is 47.9 Å². The molecule has 1 aliphatic rings. The third-order valence-corrected chi connectivity index (χ3v) is 8.48. The lowest BCUT2D eigenvalue weighted by molar-refractivity contribution is -0.0783. The predicted molar refractivity (Wildman–Crippen MR) is 162 cm³/mol. The summed E-state index contributed by atoms with van der Waals surface area (Å²) in [6.07, 6.45) is 0.492. The van der Waals surface area contributed by atoms with E-state index >= 15 is 0 Å². The minimum atomic E-state index is -1.57. The number of methoxy groups -OCH3 is 2. The van der Waals surface area contributed by atoms with Crippen molar-refractivity contribution in [3.63, 3.8) is 0 Å². The highest BCUT2D eigenvalue weighted by molar-refractivity contribution is 7.43. The molecule has 5 rings (SSSR count). The molecular formula is C32H35N3O6P+. The highest BCUT2D eigenvalue weighted by atomic mass is 31.1. The first kappa shape index (κ1) is 29.5. The molecule has 0 spiro atoms. The molecular weight excluding hydrogens is 553 g/mol. The fourth-order valence-corrected chi connectivity index (χ4v) is 6.28. The number of nitrogen functional groups attached to an aromatic ring is 1. The lowest BCUT2D eigenvalue weighted by atomic mass is 9.79. The topological polar surface area (TPSA) is 115 Å². The van der Waals surface area contributed by atoms with Gasteiger partial charge in [-0.2, -0.15) is 4.98 Å². The van der Waals surface area contributed by atoms with E-state index in [1.165, 1.54) is 4.57 Å². The van der Waals surface area contributed by atoms with Gasteiger partial charge in [0, 0.05) is 18.2 Å². The van der Waals surface area contributed by atoms with E-state index in [9.17, 15) is 9.36 Å². The smallest absolute Gasteiger partial charge is 0.351 e. The number of hydrogen-bond donors (Lipinski definition) is 1. The van der Waals surface area contributed by atoms with Gasteiger partial charge < -0.3 is 24.7 Å². The Kier molecular flexibility index (Phi) is 8.73. The van der Waals surface area contributed by atoms with Gasteiger partial charge in [0.05, 0.1) is 20.3 Å². The van der Waals surface area contributed by atoms with Crippen LogP contribution in [0.2, 0.25) is 0 Å². The van der Waals surface area contributed by atoms with E-state index in [2.05, 4.69) is 4.98 Å². The Hall–Kier alpha value is -4.04. The third kappa shape index (κ3) is 5.81. The standard InChI is InChI=1S/C32H34N3O6P/c1-21-19-35(31(36)34-30(21)33)29-18-27(28(40-29)20-42(4)37)41-32(22-8-6-5-7-9-22,23-10-14-25(38-2)15-11-23)24-12-16-26(39-3)17-13-24/h5-17,19,27-29H,18,20H2,1-4H3,(H-,33,34,36)/p+1/t27?,28-,29?/m1/s1. The summed E-state index contributed by atoms with van der Waals surface area (Å²) in [5.74, 6) is 1.61. The van der Waals surface area contributed by atoms with Crippen LogP contribution in [0.4, 0.5) is 5.82 Å². The molecule has 1 aromatic heterocycles. The van der Waals surface area contributed by atoms with Gasteiger partial charge in [0.25, 0.3) is 0 Å². The third-order valence-electron chi connectivity index (χ3n) is 7.60. The van der Waals surface area contributed by atoms with Crippen molar-refractivity contribution in [1.29, 1.82) is 0 Å². The molecule has 2 heterocycles. The Morgan fingerprint density at radius 2 is 1.50 bits per heavy atom. The fourth-order valence-electron chi connectivity index (χ4n) is 5.45. The van der Waals surface area contributed by atoms with Gasteiger partial charge in [-0.25, -0.2) is 4.79 Å². The van der Waals surface area contributed by atoms with Crippen molar-refractivity contribution in [2.45, 2.75) is 37.4 Å². The van der Waals surface area contributed by atoms with Crippen molar-refractivity contribution in [3.8, 4) is 11.5 Å². The fraction of sp³-hybridized carbons (Fsp3) is 0.312. The maximum Gasteiger partial charge on any atom is 0.351 e. The Balaban J connectivity index is 1.67. The molecule has 0 amide bonds. The monoisotopic (exact) mass is 588 g/mol. The molecule has 9 nitrogen and oxygen atoms in total. The molecule has 0 saturated carbocycles. The highest BCUT2D eigenvalue weighted by Crippen LogP contribution is 2.46. The predicted octanol–water partition coefficient (Wildman–Crippen LogP) is 5.27. The van der Waals surface area contributed by atoms with E-state index in [1.807, 2.05) is 78.9 Å². The van der Waals surface area contributed by atoms with Gasteiger partial charge in [0.2, 0.25) is 0 Å². The Bertz CT molecular complexity index is 1540. The quantitative estimate of drug-likeness (QED) is 0.197. The lowest BCUT2D eigenvalue weighted by Gasteiger charge is -2.39. The Morgan fingerprint density at radius 1 is 0.952 bits per heavy atom. The van der Waals surface area contributed by atoms with Gasteiger partial charge in [-0.1, -0.05) is 59.2 Å². The Labute approximate surface area is 246 Å². The molecule has 1 saturated heterocycles. The summed E-state index contributed by atoms with van der Waals surface area (Å²) in [5.41, 5.74) is 7.56. The molecule has 1 aliphatic heterocycles. The summed E-state index contributed by atoms with van der Waals surface area (Å²) >= 11 is 0. The average Bonchev–Trinajstić information content (AvgIpc) is 3.39. The van der Waals surface area contributed by atoms with Gasteiger partial charge in [0.1, 0.15) is 41.9 Å². The van der Waals surface area contributed by atoms with Crippen LogP contribution in [-0.2, 0) is 19.6 Å². The average molecular weight is 589 g/mol. The number of aryl methyl sites for hydroxylation is 1. The van der Waals surface area contributed by atoms with Crippen LogP contribution in [-0.4, -0.2) is 48.8 Å². The summed E-state index contributed by atoms with van der Waals surface area (Å²) < 4.78 is 38.6. The second-order valence-corrected chi connectivity index (χ2v) is 12.0. The van der Waals surface area contributed by atoms with E-state index < -0.39 is 37.5 Å². The first-order chi connectivity index (χ1) is 20.2. The summed E-state index contributed by atoms with van der Waals surface area (Å²) in [7, 11) is 1.68. The molecule has 4 aromatic rings. The van der Waals surface area contributed by atoms with E-state index in [0.717, 1.165) is 16.7 Å². The first-order valence-corrected chi connectivity index (χ1v) is 15.6. The van der Waals surface area contributed by atoms with E-state index in [1.54, 1.807) is 34.0 Å². The molecule has 1 fully saturated rings. The first-order valence-electron chi connectivity index (χ1n) is 13.7. The number of anilines is 1. The number of nitrogens with two attached hydrogens (primary N) is 1. The van der Waals surface area contributed by atoms with Crippen molar-refractivity contribution >= 4 is 13.6 Å². The van der Waals surface area contributed by atoms with Crippen LogP contribution in [0, 0.1) is 6.92 Å². The summed E-state index contributed by atoms with van der Waals surface area (Å²) in [6.45, 7) is 3.46. The van der Waals surface area contributed by atoms with Crippen LogP contribution >= 0.6 is 7.80 Å². The molecule has 10 heteroatoms. The minimum Gasteiger partial charge on any atom is -0.497 e. The van der Waals surface area contributed by atoms with Crippen LogP contribution in [0.1, 0.15) is 34.9 Å². The number of rotatable bonds is 10. The van der Waals surface area contributed by atoms with E-state index in [4.69, 9.17) is 24.7 Å². The SMILES string of the molecule is COc1ccc(C(OC2CC(n3cc(C)c(N)nc3=O)O[C@@H]2C[P+](C)=O)(c2ccccc2)c2ccc(OC)cc2)cc1. The number of aromatic nitrogens is 2. The Morgan fingerprint density at radius 3 is 2.02 bits per heavy atom. The zero-order valence-electron chi connectivity index (χ0n) is 24.1. The van der Waals surface area contributed by atoms with Gasteiger partial charge in [-0.15, -0.1) is 0 Å². The maximum absolute atomic E-state index is 12.9.